The molecule has 0 radical (unpaired) electrons. The molecule has 0 atom stereocenters. The molecule has 0 bridgehead atoms. The van der Waals surface area contributed by atoms with Crippen LogP contribution < -0.4 is 10.3 Å². The number of hydrazine groups is 1. The molecule has 0 spiro atoms. The number of amides is 1. The van der Waals surface area contributed by atoms with E-state index in [1.54, 1.807) is 11.0 Å². The highest BCUT2D eigenvalue weighted by molar-refractivity contribution is 9.11. The van der Waals surface area contributed by atoms with Crippen molar-refractivity contribution in [3.05, 3.63) is 63.0 Å². The van der Waals surface area contributed by atoms with Crippen LogP contribution in [0.1, 0.15) is 18.4 Å². The number of fused-ring (bicyclic) bond motifs is 1. The first-order valence-electron chi connectivity index (χ1n) is 12.1. The average molecular weight is 738 g/mol. The van der Waals surface area contributed by atoms with Gasteiger partial charge in [0.1, 0.15) is 22.5 Å². The van der Waals surface area contributed by atoms with Crippen molar-refractivity contribution in [2.45, 2.75) is 12.8 Å². The smallest absolute Gasteiger partial charge is 0.293 e. The van der Waals surface area contributed by atoms with Gasteiger partial charge in [0.25, 0.3) is 26.1 Å². The number of hydrogen-bond acceptors (Lipinski definition) is 8. The van der Waals surface area contributed by atoms with Gasteiger partial charge in [0.05, 0.1) is 21.5 Å². The first-order chi connectivity index (χ1) is 19.1. The highest BCUT2D eigenvalue weighted by Crippen LogP contribution is 2.40. The van der Waals surface area contributed by atoms with Crippen LogP contribution in [0.25, 0.3) is 10.8 Å². The molecule has 0 aliphatic carbocycles. The Labute approximate surface area is 254 Å². The number of nitrogens with zero attached hydrogens (tertiary/aromatic N) is 2. The molecule has 0 unspecified atom stereocenters. The summed E-state index contributed by atoms with van der Waals surface area (Å²) in [4.78, 5) is 14.8. The SMILES string of the molecule is O=C(CN(CCCS(=O)(=O)O)c1ccc2ccccc2c1)N/[N+](=C/c1cc(Br)c(O)c(Br)c1O)CCCS(=O)(=O)O. The Balaban J connectivity index is 1.89. The van der Waals surface area contributed by atoms with E-state index >= 15 is 0 Å². The number of carbonyl (C=O) groups is 1. The normalized spacial score (nSPS) is 12.4. The summed E-state index contributed by atoms with van der Waals surface area (Å²) in [5, 5.41) is 22.3. The highest BCUT2D eigenvalue weighted by Gasteiger charge is 2.21. The van der Waals surface area contributed by atoms with Gasteiger partial charge in [-0.05, 0) is 67.3 Å². The minimum atomic E-state index is -4.27. The summed E-state index contributed by atoms with van der Waals surface area (Å²) in [6.45, 7) is -0.224. The van der Waals surface area contributed by atoms with Crippen molar-refractivity contribution in [2.75, 3.05) is 36.0 Å². The zero-order valence-corrected chi connectivity index (χ0v) is 26.2. The standard InChI is InChI=1S/C25H27Br2N3O9S2/c26-21-14-19(24(32)23(27)25(21)33)15-30(10-4-12-41(37,38)39)28-22(31)16-29(9-3-11-40(34,35)36)20-8-7-17-5-1-2-6-18(17)13-20/h1-2,5-8,13-15H,3-4,9-12,16H2,(H4,28,31,32,33,34,35,36,37,38,39)/p+1. The number of phenols is 2. The quantitative estimate of drug-likeness (QED) is 0.0755. The number of rotatable bonds is 13. The molecule has 41 heavy (non-hydrogen) atoms. The van der Waals surface area contributed by atoms with E-state index in [0.717, 1.165) is 10.8 Å². The molecule has 0 fully saturated rings. The molecule has 222 valence electrons. The number of halogens is 2. The second-order valence-electron chi connectivity index (χ2n) is 9.05. The third-order valence-corrected chi connectivity index (χ3v) is 8.79. The Morgan fingerprint density at radius 1 is 0.902 bits per heavy atom. The van der Waals surface area contributed by atoms with E-state index in [4.69, 9.17) is 9.11 Å². The molecular weight excluding hydrogens is 710 g/mol. The number of anilines is 1. The molecule has 0 heterocycles. The average Bonchev–Trinajstić information content (AvgIpc) is 2.88. The molecular formula is C25H28Br2N3O9S2+. The number of phenolic OH excluding ortho intramolecular Hbond substituents is 2. The fourth-order valence-corrected chi connectivity index (χ4v) is 6.07. The summed E-state index contributed by atoms with van der Waals surface area (Å²) in [6, 6.07) is 14.4. The lowest BCUT2D eigenvalue weighted by molar-refractivity contribution is -0.569. The lowest BCUT2D eigenvalue weighted by Crippen LogP contribution is -2.43. The van der Waals surface area contributed by atoms with Gasteiger partial charge in [-0.25, -0.2) is 0 Å². The predicted octanol–water partition coefficient (Wildman–Crippen LogP) is 3.30. The molecule has 1 amide bonds. The van der Waals surface area contributed by atoms with Crippen molar-refractivity contribution < 1.29 is 45.6 Å². The topological polar surface area (TPSA) is 185 Å². The largest absolute Gasteiger partial charge is 0.506 e. The van der Waals surface area contributed by atoms with Gasteiger partial charge in [-0.3, -0.25) is 13.9 Å². The Kier molecular flexibility index (Phi) is 11.1. The molecule has 3 aromatic rings. The molecule has 0 aliphatic rings. The van der Waals surface area contributed by atoms with E-state index < -0.39 is 37.6 Å². The highest BCUT2D eigenvalue weighted by atomic mass is 79.9. The number of carbonyl (C=O) groups excluding carboxylic acids is 1. The van der Waals surface area contributed by atoms with Gasteiger partial charge < -0.3 is 15.1 Å². The van der Waals surface area contributed by atoms with Crippen LogP contribution in [0.5, 0.6) is 11.5 Å². The lowest BCUT2D eigenvalue weighted by atomic mass is 10.1. The van der Waals surface area contributed by atoms with E-state index in [1.807, 2.05) is 36.4 Å². The monoisotopic (exact) mass is 736 g/mol. The molecule has 0 saturated heterocycles. The Bertz CT molecular complexity index is 1680. The maximum absolute atomic E-state index is 13.2. The van der Waals surface area contributed by atoms with Gasteiger partial charge in [0.15, 0.2) is 6.54 Å². The fourth-order valence-electron chi connectivity index (χ4n) is 3.93. The number of hydrazone groups is 1. The molecule has 16 heteroatoms. The number of hydrogen-bond donors (Lipinski definition) is 5. The van der Waals surface area contributed by atoms with Crippen LogP contribution in [-0.2, 0) is 25.0 Å². The van der Waals surface area contributed by atoms with E-state index in [2.05, 4.69) is 37.3 Å². The van der Waals surface area contributed by atoms with E-state index in [0.29, 0.717) is 5.69 Å². The number of nitrogens with one attached hydrogen (secondary N) is 1. The molecule has 0 aromatic heterocycles. The van der Waals surface area contributed by atoms with Gasteiger partial charge in [0.2, 0.25) is 6.21 Å². The lowest BCUT2D eigenvalue weighted by Gasteiger charge is -2.24. The van der Waals surface area contributed by atoms with E-state index in [9.17, 15) is 31.8 Å². The Hall–Kier alpha value is -2.76. The van der Waals surface area contributed by atoms with Crippen molar-refractivity contribution >= 4 is 80.7 Å². The van der Waals surface area contributed by atoms with Crippen molar-refractivity contribution in [3.63, 3.8) is 0 Å². The Morgan fingerprint density at radius 2 is 1.54 bits per heavy atom. The van der Waals surface area contributed by atoms with Crippen LogP contribution in [0.2, 0.25) is 0 Å². The molecule has 0 aliphatic heterocycles. The van der Waals surface area contributed by atoms with Crippen molar-refractivity contribution in [3.8, 4) is 11.5 Å². The van der Waals surface area contributed by atoms with Crippen LogP contribution >= 0.6 is 31.9 Å². The maximum atomic E-state index is 13.2. The summed E-state index contributed by atoms with van der Waals surface area (Å²) >= 11 is 6.25. The third-order valence-electron chi connectivity index (χ3n) is 5.83. The van der Waals surface area contributed by atoms with Gasteiger partial charge in [0, 0.05) is 18.7 Å². The second kappa shape index (κ2) is 13.9. The van der Waals surface area contributed by atoms with E-state index in [1.165, 1.54) is 17.0 Å². The summed E-state index contributed by atoms with van der Waals surface area (Å²) in [5.74, 6) is -2.25. The molecule has 5 N–H and O–H groups in total. The minimum Gasteiger partial charge on any atom is -0.506 e. The second-order valence-corrected chi connectivity index (χ2v) is 13.8. The van der Waals surface area contributed by atoms with Crippen molar-refractivity contribution in [1.82, 2.24) is 5.43 Å². The predicted molar refractivity (Wildman–Crippen MR) is 162 cm³/mol. The first kappa shape index (κ1) is 32.8. The molecule has 3 aromatic carbocycles. The van der Waals surface area contributed by atoms with Crippen molar-refractivity contribution in [2.24, 2.45) is 0 Å². The van der Waals surface area contributed by atoms with Crippen LogP contribution in [0.15, 0.2) is 57.5 Å². The number of benzene rings is 3. The van der Waals surface area contributed by atoms with Gasteiger partial charge >= 0.3 is 0 Å². The van der Waals surface area contributed by atoms with Gasteiger partial charge in [-0.15, -0.1) is 10.1 Å². The van der Waals surface area contributed by atoms with Crippen LogP contribution in [-0.4, -0.2) is 84.1 Å². The zero-order valence-electron chi connectivity index (χ0n) is 21.4. The summed E-state index contributed by atoms with van der Waals surface area (Å²) < 4.78 is 64.8. The molecule has 12 nitrogen and oxygen atoms in total. The summed E-state index contributed by atoms with van der Waals surface area (Å²) in [5.41, 5.74) is 3.41. The van der Waals surface area contributed by atoms with Crippen molar-refractivity contribution in [1.29, 1.82) is 0 Å². The molecule has 0 saturated carbocycles. The van der Waals surface area contributed by atoms with Gasteiger partial charge in [-0.2, -0.15) is 16.8 Å². The minimum absolute atomic E-state index is 0.0105. The van der Waals surface area contributed by atoms with Crippen LogP contribution in [0.3, 0.4) is 0 Å². The van der Waals surface area contributed by atoms with Gasteiger partial charge in [-0.1, -0.05) is 30.3 Å². The van der Waals surface area contributed by atoms with Crippen LogP contribution in [0.4, 0.5) is 5.69 Å². The summed E-state index contributed by atoms with van der Waals surface area (Å²) in [7, 11) is -8.49. The third kappa shape index (κ3) is 10.2. The summed E-state index contributed by atoms with van der Waals surface area (Å²) in [6.07, 6.45) is 1.27. The maximum Gasteiger partial charge on any atom is 0.293 e. The zero-order chi connectivity index (χ0) is 30.4. The fraction of sp³-hybridized carbons (Fsp3) is 0.280. The number of aromatic hydroxyl groups is 2. The van der Waals surface area contributed by atoms with E-state index in [-0.39, 0.29) is 58.5 Å². The molecule has 3 rings (SSSR count). The van der Waals surface area contributed by atoms with Crippen LogP contribution in [0, 0.1) is 0 Å². The first-order valence-corrected chi connectivity index (χ1v) is 16.9. The Morgan fingerprint density at radius 3 is 2.20 bits per heavy atom.